The second-order valence-electron chi connectivity index (χ2n) is 4.39. The van der Waals surface area contributed by atoms with E-state index in [-0.39, 0.29) is 0 Å². The quantitative estimate of drug-likeness (QED) is 0.451. The van der Waals surface area contributed by atoms with Gasteiger partial charge in [-0.1, -0.05) is 30.0 Å². The molecule has 106 valence electrons. The maximum atomic E-state index is 5.81. The lowest BCUT2D eigenvalue weighted by atomic mass is 10.1. The molecular weight excluding hydrogens is 300 g/mol. The maximum absolute atomic E-state index is 5.81. The number of aromatic nitrogens is 3. The molecule has 0 aliphatic carbocycles. The van der Waals surface area contributed by atoms with Gasteiger partial charge in [-0.15, -0.1) is 11.8 Å². The van der Waals surface area contributed by atoms with Crippen LogP contribution in [0.15, 0.2) is 52.8 Å². The highest BCUT2D eigenvalue weighted by Crippen LogP contribution is 2.26. The summed E-state index contributed by atoms with van der Waals surface area (Å²) in [5.74, 6) is 1.30. The molecule has 1 aromatic carbocycles. The summed E-state index contributed by atoms with van der Waals surface area (Å²) in [5, 5.41) is 2.77. The number of nitrogens with zero attached hydrogens (tertiary/aromatic N) is 3. The molecule has 0 spiro atoms. The zero-order chi connectivity index (χ0) is 14.7. The number of nitrogen functional groups attached to an aromatic ring is 1. The number of nitrogens with two attached hydrogens (primary N) is 1. The first-order chi connectivity index (χ1) is 10.3. The molecule has 2 N–H and O–H groups in total. The van der Waals surface area contributed by atoms with Crippen molar-refractivity contribution in [2.75, 3.05) is 12.0 Å². The fourth-order valence-electron chi connectivity index (χ4n) is 2.01. The van der Waals surface area contributed by atoms with Gasteiger partial charge in [0.15, 0.2) is 5.16 Å². The fourth-order valence-corrected chi connectivity index (χ4v) is 3.36. The lowest BCUT2D eigenvalue weighted by Crippen LogP contribution is -1.96. The summed E-state index contributed by atoms with van der Waals surface area (Å²) < 4.78 is 0. The summed E-state index contributed by atoms with van der Waals surface area (Å²) in [4.78, 5) is 13.1. The first-order valence-corrected chi connectivity index (χ1v) is 8.61. The van der Waals surface area contributed by atoms with Crippen LogP contribution in [-0.4, -0.2) is 21.2 Å². The molecule has 2 aromatic heterocycles. The van der Waals surface area contributed by atoms with Crippen LogP contribution >= 0.6 is 23.5 Å². The van der Waals surface area contributed by atoms with E-state index in [1.807, 2.05) is 36.7 Å². The van der Waals surface area contributed by atoms with E-state index >= 15 is 0 Å². The van der Waals surface area contributed by atoms with Crippen molar-refractivity contribution >= 4 is 40.2 Å². The molecule has 2 heterocycles. The van der Waals surface area contributed by atoms with Crippen molar-refractivity contribution in [3.05, 3.63) is 48.2 Å². The zero-order valence-corrected chi connectivity index (χ0v) is 13.1. The Morgan fingerprint density at radius 2 is 2.00 bits per heavy atom. The molecule has 0 radical (unpaired) electrons. The topological polar surface area (TPSA) is 64.7 Å². The van der Waals surface area contributed by atoms with Gasteiger partial charge < -0.3 is 5.73 Å². The van der Waals surface area contributed by atoms with Crippen LogP contribution in [0.25, 0.3) is 10.9 Å². The molecule has 0 saturated carbocycles. The van der Waals surface area contributed by atoms with Gasteiger partial charge in [-0.3, -0.25) is 4.98 Å². The van der Waals surface area contributed by atoms with E-state index in [0.29, 0.717) is 11.0 Å². The number of hydrogen-bond acceptors (Lipinski definition) is 6. The first-order valence-electron chi connectivity index (χ1n) is 6.40. The van der Waals surface area contributed by atoms with Crippen LogP contribution in [0.3, 0.4) is 0 Å². The van der Waals surface area contributed by atoms with Crippen LogP contribution in [0.4, 0.5) is 5.82 Å². The molecule has 0 saturated heterocycles. The smallest absolute Gasteiger partial charge is 0.190 e. The van der Waals surface area contributed by atoms with Crippen LogP contribution in [0, 0.1) is 0 Å². The molecule has 0 amide bonds. The van der Waals surface area contributed by atoms with Gasteiger partial charge >= 0.3 is 0 Å². The minimum Gasteiger partial charge on any atom is -0.384 e. The van der Waals surface area contributed by atoms with E-state index in [1.54, 1.807) is 29.6 Å². The summed E-state index contributed by atoms with van der Waals surface area (Å²) in [6.07, 6.45) is 3.82. The minimum absolute atomic E-state index is 0.511. The third-order valence-corrected chi connectivity index (χ3v) is 4.53. The average Bonchev–Trinajstić information content (AvgIpc) is 2.52. The van der Waals surface area contributed by atoms with Crippen molar-refractivity contribution in [3.63, 3.8) is 0 Å². The van der Waals surface area contributed by atoms with Gasteiger partial charge in [0.1, 0.15) is 10.8 Å². The molecule has 0 aliphatic heterocycles. The Balaban J connectivity index is 1.85. The average molecular weight is 314 g/mol. The van der Waals surface area contributed by atoms with E-state index in [0.717, 1.165) is 16.3 Å². The van der Waals surface area contributed by atoms with Gasteiger partial charge in [0.2, 0.25) is 0 Å². The lowest BCUT2D eigenvalue weighted by molar-refractivity contribution is 0.900. The Morgan fingerprint density at radius 1 is 1.14 bits per heavy atom. The number of benzene rings is 1. The standard InChI is InChI=1S/C15H14N4S2/c1-20-14-8-13(16)18-15(19-14)21-9-10-6-7-17-12-5-3-2-4-11(10)12/h2-8H,9H2,1H3,(H2,16,18,19). The SMILES string of the molecule is CSc1cc(N)nc(SCc2ccnc3ccccc23)n1. The summed E-state index contributed by atoms with van der Waals surface area (Å²) in [6.45, 7) is 0. The molecule has 3 aromatic rings. The molecule has 0 aliphatic rings. The number of pyridine rings is 1. The van der Waals surface area contributed by atoms with Crippen molar-refractivity contribution in [1.29, 1.82) is 0 Å². The van der Waals surface area contributed by atoms with E-state index in [1.165, 1.54) is 10.9 Å². The molecule has 4 nitrogen and oxygen atoms in total. The highest BCUT2D eigenvalue weighted by atomic mass is 32.2. The predicted molar refractivity (Wildman–Crippen MR) is 89.5 cm³/mol. The molecular formula is C15H14N4S2. The van der Waals surface area contributed by atoms with Crippen molar-refractivity contribution < 1.29 is 0 Å². The van der Waals surface area contributed by atoms with Gasteiger partial charge in [0.05, 0.1) is 5.52 Å². The second-order valence-corrected chi connectivity index (χ2v) is 6.16. The third-order valence-electron chi connectivity index (χ3n) is 3.01. The number of para-hydroxylation sites is 1. The van der Waals surface area contributed by atoms with Crippen LogP contribution in [0.2, 0.25) is 0 Å². The van der Waals surface area contributed by atoms with Gasteiger partial charge in [0, 0.05) is 23.4 Å². The molecule has 3 rings (SSSR count). The number of rotatable bonds is 4. The van der Waals surface area contributed by atoms with E-state index in [9.17, 15) is 0 Å². The van der Waals surface area contributed by atoms with E-state index in [4.69, 9.17) is 5.73 Å². The monoisotopic (exact) mass is 314 g/mol. The van der Waals surface area contributed by atoms with Crippen molar-refractivity contribution in [1.82, 2.24) is 15.0 Å². The Kier molecular flexibility index (Phi) is 4.26. The van der Waals surface area contributed by atoms with E-state index < -0.39 is 0 Å². The molecule has 0 atom stereocenters. The molecule has 0 bridgehead atoms. The van der Waals surface area contributed by atoms with Crippen LogP contribution < -0.4 is 5.73 Å². The molecule has 21 heavy (non-hydrogen) atoms. The minimum atomic E-state index is 0.511. The molecule has 6 heteroatoms. The summed E-state index contributed by atoms with van der Waals surface area (Å²) in [6, 6.07) is 12.0. The highest BCUT2D eigenvalue weighted by Gasteiger charge is 2.06. The van der Waals surface area contributed by atoms with Crippen molar-refractivity contribution in [2.24, 2.45) is 0 Å². The normalized spacial score (nSPS) is 10.9. The van der Waals surface area contributed by atoms with Crippen LogP contribution in [0.1, 0.15) is 5.56 Å². The zero-order valence-electron chi connectivity index (χ0n) is 11.5. The summed E-state index contributed by atoms with van der Waals surface area (Å²) in [7, 11) is 0. The summed E-state index contributed by atoms with van der Waals surface area (Å²) >= 11 is 3.16. The number of fused-ring (bicyclic) bond motifs is 1. The largest absolute Gasteiger partial charge is 0.384 e. The maximum Gasteiger partial charge on any atom is 0.190 e. The van der Waals surface area contributed by atoms with Crippen LogP contribution in [-0.2, 0) is 5.75 Å². The Labute approximate surface area is 131 Å². The number of anilines is 1. The Morgan fingerprint density at radius 3 is 2.86 bits per heavy atom. The van der Waals surface area contributed by atoms with Gasteiger partial charge in [-0.2, -0.15) is 0 Å². The third kappa shape index (κ3) is 3.28. The fraction of sp³-hybridized carbons (Fsp3) is 0.133. The molecule has 0 fully saturated rings. The van der Waals surface area contributed by atoms with Crippen molar-refractivity contribution in [3.8, 4) is 0 Å². The summed E-state index contributed by atoms with van der Waals surface area (Å²) in [5.41, 5.74) is 8.04. The first kappa shape index (κ1) is 14.2. The predicted octanol–water partition coefficient (Wildman–Crippen LogP) is 3.62. The van der Waals surface area contributed by atoms with Crippen molar-refractivity contribution in [2.45, 2.75) is 15.9 Å². The van der Waals surface area contributed by atoms with Gasteiger partial charge in [-0.05, 0) is 24.0 Å². The Bertz CT molecular complexity index is 771. The molecule has 0 unspecified atom stereocenters. The van der Waals surface area contributed by atoms with Crippen LogP contribution in [0.5, 0.6) is 0 Å². The number of thioether (sulfide) groups is 2. The van der Waals surface area contributed by atoms with Gasteiger partial charge in [0.25, 0.3) is 0 Å². The van der Waals surface area contributed by atoms with E-state index in [2.05, 4.69) is 21.0 Å². The highest BCUT2D eigenvalue weighted by molar-refractivity contribution is 7.99. The lowest BCUT2D eigenvalue weighted by Gasteiger charge is -2.06. The van der Waals surface area contributed by atoms with Gasteiger partial charge in [-0.25, -0.2) is 9.97 Å². The second kappa shape index (κ2) is 6.32. The Hall–Kier alpha value is -1.79. The number of hydrogen-bond donors (Lipinski definition) is 1.